The number of nitrogens with zero attached hydrogens (tertiary/aromatic N) is 2. The predicted octanol–water partition coefficient (Wildman–Crippen LogP) is 2.39. The van der Waals surface area contributed by atoms with Crippen LogP contribution < -0.4 is 11.5 Å². The van der Waals surface area contributed by atoms with E-state index in [0.717, 1.165) is 0 Å². The Balaban J connectivity index is 0. The third kappa shape index (κ3) is 7.75. The summed E-state index contributed by atoms with van der Waals surface area (Å²) in [4.78, 5) is 23.4. The van der Waals surface area contributed by atoms with Crippen LogP contribution in [0, 0.1) is 5.82 Å². The Morgan fingerprint density at radius 1 is 1.39 bits per heavy atom. The van der Waals surface area contributed by atoms with E-state index in [2.05, 4.69) is 26.6 Å². The van der Waals surface area contributed by atoms with E-state index in [9.17, 15) is 18.0 Å². The average Bonchev–Trinajstić information content (AvgIpc) is 2.96. The van der Waals surface area contributed by atoms with Gasteiger partial charge >= 0.3 is 0 Å². The van der Waals surface area contributed by atoms with Crippen molar-refractivity contribution in [1.29, 1.82) is 0 Å². The van der Waals surface area contributed by atoms with Gasteiger partial charge in [-0.1, -0.05) is 13.8 Å². The van der Waals surface area contributed by atoms with Crippen molar-refractivity contribution < 1.29 is 22.8 Å². The number of hydrogen-bond donors (Lipinski definition) is 2. The number of pyridine rings is 1. The number of hydrogen-bond acceptors (Lipinski definition) is 4. The number of alkyl halides is 2. The number of amides is 1. The SMILES string of the molecule is CC.CN.NC(=O)c1cnc2c(F)cc(Br)cn12.O=CC(F)F. The lowest BCUT2D eigenvalue weighted by atomic mass is 10.4. The summed E-state index contributed by atoms with van der Waals surface area (Å²) in [6, 6.07) is 1.27. The van der Waals surface area contributed by atoms with Crippen LogP contribution in [0.5, 0.6) is 0 Å². The smallest absolute Gasteiger partial charge is 0.293 e. The zero-order valence-electron chi connectivity index (χ0n) is 12.8. The first-order chi connectivity index (χ1) is 10.9. The molecular formula is C13H18BrF3N4O2. The molecule has 0 bridgehead atoms. The Bertz CT molecular complexity index is 621. The van der Waals surface area contributed by atoms with Crippen LogP contribution in [0.15, 0.2) is 22.9 Å². The summed E-state index contributed by atoms with van der Waals surface area (Å²) in [5.41, 5.74) is 9.83. The molecule has 0 aliphatic carbocycles. The van der Waals surface area contributed by atoms with Crippen molar-refractivity contribution in [3.05, 3.63) is 34.4 Å². The standard InChI is InChI=1S/C8H5BrFN3O.C2H2F2O.C2H6.CH5N/c9-4-1-5(10)8-12-2-6(7(11)14)13(8)3-4;3-2(4)1-5;2*1-2/h1-3H,(H2,11,14);1-2H;1-2H3;2H2,1H3. The third-order valence-corrected chi connectivity index (χ3v) is 2.32. The van der Waals surface area contributed by atoms with Crippen molar-refractivity contribution in [2.75, 3.05) is 7.05 Å². The number of carbonyl (C=O) groups is 2. The summed E-state index contributed by atoms with van der Waals surface area (Å²) in [5, 5.41) is 0. The first kappa shape index (κ1) is 23.3. The summed E-state index contributed by atoms with van der Waals surface area (Å²) < 4.78 is 35.9. The van der Waals surface area contributed by atoms with Gasteiger partial charge in [-0.3, -0.25) is 14.0 Å². The maximum absolute atomic E-state index is 13.3. The van der Waals surface area contributed by atoms with Crippen molar-refractivity contribution >= 4 is 33.8 Å². The molecule has 0 fully saturated rings. The van der Waals surface area contributed by atoms with Gasteiger partial charge in [0, 0.05) is 10.7 Å². The van der Waals surface area contributed by atoms with Gasteiger partial charge in [0.25, 0.3) is 12.3 Å². The van der Waals surface area contributed by atoms with E-state index < -0.39 is 24.4 Å². The number of aldehydes is 1. The molecule has 0 aliphatic rings. The zero-order chi connectivity index (χ0) is 18.6. The average molecular weight is 399 g/mol. The van der Waals surface area contributed by atoms with Crippen molar-refractivity contribution in [3.63, 3.8) is 0 Å². The molecule has 23 heavy (non-hydrogen) atoms. The molecule has 0 radical (unpaired) electrons. The maximum Gasteiger partial charge on any atom is 0.293 e. The summed E-state index contributed by atoms with van der Waals surface area (Å²) in [7, 11) is 1.50. The van der Waals surface area contributed by atoms with E-state index in [1.165, 1.54) is 29.9 Å². The number of aromatic nitrogens is 2. The van der Waals surface area contributed by atoms with E-state index in [-0.39, 0.29) is 11.3 Å². The second-order valence-corrected chi connectivity index (χ2v) is 4.09. The Morgan fingerprint density at radius 3 is 2.26 bits per heavy atom. The van der Waals surface area contributed by atoms with Gasteiger partial charge in [-0.05, 0) is 29.0 Å². The lowest BCUT2D eigenvalue weighted by molar-refractivity contribution is -0.116. The molecule has 130 valence electrons. The lowest BCUT2D eigenvalue weighted by Gasteiger charge is -1.99. The summed E-state index contributed by atoms with van der Waals surface area (Å²) in [5.74, 6) is -1.15. The van der Waals surface area contributed by atoms with Gasteiger partial charge in [-0.15, -0.1) is 0 Å². The highest BCUT2D eigenvalue weighted by Crippen LogP contribution is 2.17. The van der Waals surface area contributed by atoms with Crippen LogP contribution in [-0.4, -0.2) is 35.1 Å². The fourth-order valence-corrected chi connectivity index (χ4v) is 1.60. The Labute approximate surface area is 139 Å². The van der Waals surface area contributed by atoms with Crippen LogP contribution >= 0.6 is 15.9 Å². The molecule has 0 atom stereocenters. The quantitative estimate of drug-likeness (QED) is 0.757. The fourth-order valence-electron chi connectivity index (χ4n) is 1.20. The number of imidazole rings is 1. The molecule has 1 amide bonds. The minimum absolute atomic E-state index is 0.0852. The number of halogens is 4. The summed E-state index contributed by atoms with van der Waals surface area (Å²) in [6.07, 6.45) is -0.436. The van der Waals surface area contributed by atoms with Crippen LogP contribution in [0.25, 0.3) is 5.65 Å². The third-order valence-electron chi connectivity index (χ3n) is 1.88. The minimum atomic E-state index is -2.80. The Kier molecular flexibility index (Phi) is 12.8. The van der Waals surface area contributed by atoms with E-state index in [1.807, 2.05) is 13.8 Å². The molecule has 0 unspecified atom stereocenters. The maximum atomic E-state index is 13.3. The molecule has 2 rings (SSSR count). The van der Waals surface area contributed by atoms with Crippen molar-refractivity contribution in [2.45, 2.75) is 20.3 Å². The molecule has 2 aromatic rings. The van der Waals surface area contributed by atoms with Gasteiger partial charge in [0.15, 0.2) is 17.8 Å². The van der Waals surface area contributed by atoms with E-state index in [4.69, 9.17) is 10.5 Å². The monoisotopic (exact) mass is 398 g/mol. The van der Waals surface area contributed by atoms with Gasteiger partial charge in [0.05, 0.1) is 6.20 Å². The van der Waals surface area contributed by atoms with Crippen LogP contribution in [0.2, 0.25) is 0 Å². The molecule has 10 heteroatoms. The molecule has 0 aliphatic heterocycles. The van der Waals surface area contributed by atoms with Crippen molar-refractivity contribution in [1.82, 2.24) is 9.38 Å². The predicted molar refractivity (Wildman–Crippen MR) is 84.9 cm³/mol. The van der Waals surface area contributed by atoms with Gasteiger partial charge in [-0.2, -0.15) is 0 Å². The normalized spacial score (nSPS) is 8.91. The highest BCUT2D eigenvalue weighted by Gasteiger charge is 2.11. The molecule has 0 saturated heterocycles. The molecule has 4 N–H and O–H groups in total. The molecule has 2 aromatic heterocycles. The number of primary amides is 1. The molecule has 0 aromatic carbocycles. The first-order valence-electron chi connectivity index (χ1n) is 6.30. The van der Waals surface area contributed by atoms with Crippen LogP contribution in [0.3, 0.4) is 0 Å². The fraction of sp³-hybridized carbons (Fsp3) is 0.308. The number of carbonyl (C=O) groups excluding carboxylic acids is 2. The second kappa shape index (κ2) is 12.6. The Hall–Kier alpha value is -1.94. The molecule has 6 nitrogen and oxygen atoms in total. The van der Waals surface area contributed by atoms with Crippen molar-refractivity contribution in [2.24, 2.45) is 11.5 Å². The van der Waals surface area contributed by atoms with Gasteiger partial charge in [0.2, 0.25) is 0 Å². The largest absolute Gasteiger partial charge is 0.364 e. The van der Waals surface area contributed by atoms with E-state index >= 15 is 0 Å². The molecule has 0 spiro atoms. The van der Waals surface area contributed by atoms with Crippen molar-refractivity contribution in [3.8, 4) is 0 Å². The van der Waals surface area contributed by atoms with Gasteiger partial charge < -0.3 is 11.5 Å². The van der Waals surface area contributed by atoms with Crippen LogP contribution in [0.1, 0.15) is 24.3 Å². The number of rotatable bonds is 2. The lowest BCUT2D eigenvalue weighted by Crippen LogP contribution is -2.13. The highest BCUT2D eigenvalue weighted by atomic mass is 79.9. The van der Waals surface area contributed by atoms with Crippen LogP contribution in [0.4, 0.5) is 13.2 Å². The summed E-state index contributed by atoms with van der Waals surface area (Å²) >= 11 is 3.11. The molecule has 2 heterocycles. The second-order valence-electron chi connectivity index (χ2n) is 3.18. The molecule has 0 saturated carbocycles. The van der Waals surface area contributed by atoms with Crippen LogP contribution in [-0.2, 0) is 4.79 Å². The Morgan fingerprint density at radius 2 is 1.87 bits per heavy atom. The minimum Gasteiger partial charge on any atom is -0.364 e. The number of fused-ring (bicyclic) bond motifs is 1. The molecular weight excluding hydrogens is 381 g/mol. The summed E-state index contributed by atoms with van der Waals surface area (Å²) in [6.45, 7) is 4.00. The van der Waals surface area contributed by atoms with E-state index in [1.54, 1.807) is 0 Å². The zero-order valence-corrected chi connectivity index (χ0v) is 14.4. The van der Waals surface area contributed by atoms with E-state index in [0.29, 0.717) is 4.47 Å². The van der Waals surface area contributed by atoms with Gasteiger partial charge in [-0.25, -0.2) is 18.2 Å². The van der Waals surface area contributed by atoms with Gasteiger partial charge in [0.1, 0.15) is 5.69 Å². The first-order valence-corrected chi connectivity index (χ1v) is 7.09. The topological polar surface area (TPSA) is 103 Å². The number of nitrogens with two attached hydrogens (primary N) is 2. The highest BCUT2D eigenvalue weighted by molar-refractivity contribution is 9.10.